The van der Waals surface area contributed by atoms with Gasteiger partial charge in [0.2, 0.25) is 0 Å². The van der Waals surface area contributed by atoms with Gasteiger partial charge in [-0.25, -0.2) is 4.98 Å². The monoisotopic (exact) mass is 370 g/mol. The van der Waals surface area contributed by atoms with E-state index in [4.69, 9.17) is 5.11 Å². The SMILES string of the molecule is [CH2-]CCCc1ccc2c(n1)NCCC2.[CH2-]C[C@H](C)C(=O)O.[CH2-][C@@H](C)OC.[Li+]. The Morgan fingerprint density at radius 2 is 2.00 bits per heavy atom. The predicted octanol–water partition coefficient (Wildman–Crippen LogP) is 1.39. The number of carbonyl (C=O) groups is 1. The summed E-state index contributed by atoms with van der Waals surface area (Å²) >= 11 is 0. The molecule has 0 aromatic carbocycles. The number of methoxy groups -OCH3 is 1. The third kappa shape index (κ3) is 13.7. The van der Waals surface area contributed by atoms with Crippen molar-refractivity contribution in [2.75, 3.05) is 19.0 Å². The van der Waals surface area contributed by atoms with E-state index in [2.05, 4.69) is 47.9 Å². The summed E-state index contributed by atoms with van der Waals surface area (Å²) in [4.78, 5) is 14.5. The van der Waals surface area contributed by atoms with Gasteiger partial charge in [0.15, 0.2) is 0 Å². The van der Waals surface area contributed by atoms with E-state index < -0.39 is 5.97 Å². The van der Waals surface area contributed by atoms with Crippen LogP contribution in [0.15, 0.2) is 12.1 Å². The van der Waals surface area contributed by atoms with Crippen molar-refractivity contribution in [3.8, 4) is 0 Å². The molecular formula is C21H35LiN2O3-2. The largest absolute Gasteiger partial charge is 1.00 e. The summed E-state index contributed by atoms with van der Waals surface area (Å²) in [6.45, 7) is 15.4. The number of aromatic nitrogens is 1. The number of rotatable bonds is 6. The van der Waals surface area contributed by atoms with Gasteiger partial charge in [-0.05, 0) is 30.9 Å². The van der Waals surface area contributed by atoms with Crippen molar-refractivity contribution in [2.45, 2.75) is 58.5 Å². The first-order valence-corrected chi connectivity index (χ1v) is 9.25. The Morgan fingerprint density at radius 3 is 2.44 bits per heavy atom. The molecule has 2 atom stereocenters. The van der Waals surface area contributed by atoms with Gasteiger partial charge in [-0.1, -0.05) is 32.4 Å². The summed E-state index contributed by atoms with van der Waals surface area (Å²) in [5.74, 6) is 0.0489. The number of unbranched alkanes of at least 4 members (excludes halogenated alkanes) is 1. The molecule has 0 fully saturated rings. The van der Waals surface area contributed by atoms with Gasteiger partial charge in [-0.2, -0.15) is 12.8 Å². The van der Waals surface area contributed by atoms with Crippen LogP contribution < -0.4 is 24.2 Å². The van der Waals surface area contributed by atoms with Crippen molar-refractivity contribution in [2.24, 2.45) is 5.92 Å². The zero-order valence-corrected chi connectivity index (χ0v) is 17.6. The Hall–Kier alpha value is -1.02. The number of hydrogen-bond donors (Lipinski definition) is 2. The molecule has 0 saturated heterocycles. The average molecular weight is 370 g/mol. The second-order valence-electron chi connectivity index (χ2n) is 6.37. The molecule has 0 radical (unpaired) electrons. The second-order valence-corrected chi connectivity index (χ2v) is 6.37. The maximum absolute atomic E-state index is 9.89. The van der Waals surface area contributed by atoms with Gasteiger partial charge >= 0.3 is 24.8 Å². The van der Waals surface area contributed by atoms with Crippen molar-refractivity contribution < 1.29 is 33.5 Å². The van der Waals surface area contributed by atoms with Gasteiger partial charge in [0.05, 0.1) is 0 Å². The molecule has 5 nitrogen and oxygen atoms in total. The van der Waals surface area contributed by atoms with Crippen LogP contribution in [0.3, 0.4) is 0 Å². The van der Waals surface area contributed by atoms with Crippen molar-refractivity contribution in [1.29, 1.82) is 0 Å². The Labute approximate surface area is 177 Å². The van der Waals surface area contributed by atoms with E-state index in [0.717, 1.165) is 31.6 Å². The molecule has 1 aromatic rings. The zero-order valence-electron chi connectivity index (χ0n) is 17.6. The van der Waals surface area contributed by atoms with Gasteiger partial charge in [0, 0.05) is 25.3 Å². The molecule has 0 bridgehead atoms. The number of aliphatic carboxylic acids is 1. The average Bonchev–Trinajstić information content (AvgIpc) is 2.66. The fourth-order valence-electron chi connectivity index (χ4n) is 1.94. The number of carboxylic acids is 1. The molecule has 6 heteroatoms. The number of anilines is 1. The number of carboxylic acid groups (broad SMARTS) is 1. The predicted molar refractivity (Wildman–Crippen MR) is 108 cm³/mol. The number of ether oxygens (including phenoxy) is 1. The Kier molecular flexibility index (Phi) is 17.9. The van der Waals surface area contributed by atoms with E-state index in [1.165, 1.54) is 24.1 Å². The molecule has 0 aliphatic carbocycles. The minimum absolute atomic E-state index is 0. The van der Waals surface area contributed by atoms with Crippen molar-refractivity contribution in [3.05, 3.63) is 44.2 Å². The second kappa shape index (κ2) is 17.1. The summed E-state index contributed by atoms with van der Waals surface area (Å²) in [5, 5.41) is 11.5. The first kappa shape index (κ1) is 28.2. The molecule has 1 aromatic heterocycles. The summed E-state index contributed by atoms with van der Waals surface area (Å²) in [7, 11) is 1.64. The topological polar surface area (TPSA) is 71.5 Å². The maximum atomic E-state index is 9.89. The van der Waals surface area contributed by atoms with Crippen LogP contribution >= 0.6 is 0 Å². The Balaban J connectivity index is 0. The first-order valence-electron chi connectivity index (χ1n) is 9.25. The van der Waals surface area contributed by atoms with Crippen LogP contribution in [-0.2, 0) is 22.4 Å². The molecule has 2 heterocycles. The minimum atomic E-state index is -0.769. The Morgan fingerprint density at radius 1 is 1.37 bits per heavy atom. The molecule has 0 unspecified atom stereocenters. The molecule has 0 saturated carbocycles. The van der Waals surface area contributed by atoms with Crippen molar-refractivity contribution in [1.82, 2.24) is 4.98 Å². The standard InChI is InChI=1S/C12H17N2.C5H9O2.C4H9O.Li/c1-2-3-6-11-8-7-10-5-4-9-13-12(10)14-11;1-3-4(2)5(6)7;1-4(2)5-3;/h7-8H,1-6,9H2,(H,13,14);4H,1,3H2,2H3,(H,6,7);4H,1H2,2-3H3;/q3*-1;+1/t;2*4-;/m.00./s1. The molecule has 1 aliphatic rings. The number of pyridine rings is 1. The van der Waals surface area contributed by atoms with Gasteiger partial charge in [-0.15, -0.1) is 0 Å². The number of aryl methyl sites for hydroxylation is 2. The zero-order chi connectivity index (χ0) is 19.9. The molecule has 2 N–H and O–H groups in total. The van der Waals surface area contributed by atoms with Gasteiger partial charge in [0.25, 0.3) is 0 Å². The number of nitrogens with zero attached hydrogens (tertiary/aromatic N) is 1. The first-order chi connectivity index (χ1) is 12.3. The van der Waals surface area contributed by atoms with Crippen molar-refractivity contribution in [3.63, 3.8) is 0 Å². The summed E-state index contributed by atoms with van der Waals surface area (Å²) in [6.07, 6.45) is 6.18. The van der Waals surface area contributed by atoms with E-state index in [1.807, 2.05) is 6.92 Å². The Bertz CT molecular complexity index is 510. The van der Waals surface area contributed by atoms with Crippen molar-refractivity contribution >= 4 is 11.8 Å². The molecule has 0 amide bonds. The molecule has 2 rings (SSSR count). The van der Waals surface area contributed by atoms with Gasteiger partial charge in [0.1, 0.15) is 5.82 Å². The van der Waals surface area contributed by atoms with Crippen LogP contribution in [0.25, 0.3) is 0 Å². The molecule has 27 heavy (non-hydrogen) atoms. The number of nitrogens with one attached hydrogen (secondary N) is 1. The van der Waals surface area contributed by atoms with Crippen LogP contribution in [0.4, 0.5) is 5.82 Å². The number of fused-ring (bicyclic) bond motifs is 1. The van der Waals surface area contributed by atoms with Crippen LogP contribution in [0, 0.1) is 26.7 Å². The molecular weight excluding hydrogens is 335 g/mol. The molecule has 0 spiro atoms. The normalized spacial score (nSPS) is 13.9. The smallest absolute Gasteiger partial charge is 0.481 e. The molecule has 150 valence electrons. The maximum Gasteiger partial charge on any atom is 1.00 e. The van der Waals surface area contributed by atoms with E-state index >= 15 is 0 Å². The van der Waals surface area contributed by atoms with E-state index in [1.54, 1.807) is 14.0 Å². The van der Waals surface area contributed by atoms with Crippen LogP contribution in [0.1, 0.15) is 50.8 Å². The fraction of sp³-hybridized carbons (Fsp3) is 0.571. The van der Waals surface area contributed by atoms with Gasteiger partial charge < -0.3 is 35.9 Å². The van der Waals surface area contributed by atoms with Gasteiger partial charge in [-0.3, -0.25) is 4.79 Å². The van der Waals surface area contributed by atoms with E-state index in [-0.39, 0.29) is 30.9 Å². The third-order valence-electron chi connectivity index (χ3n) is 3.89. The summed E-state index contributed by atoms with van der Waals surface area (Å²) in [5.41, 5.74) is 2.57. The summed E-state index contributed by atoms with van der Waals surface area (Å²) < 4.78 is 4.64. The third-order valence-corrected chi connectivity index (χ3v) is 3.89. The van der Waals surface area contributed by atoms with Crippen LogP contribution in [0.2, 0.25) is 0 Å². The number of hydrogen-bond acceptors (Lipinski definition) is 4. The van der Waals surface area contributed by atoms with E-state index in [9.17, 15) is 4.79 Å². The minimum Gasteiger partial charge on any atom is -0.481 e. The fourth-order valence-corrected chi connectivity index (χ4v) is 1.94. The van der Waals surface area contributed by atoms with Crippen LogP contribution in [-0.4, -0.2) is 35.8 Å². The van der Waals surface area contributed by atoms with E-state index in [0.29, 0.717) is 6.42 Å². The quantitative estimate of drug-likeness (QED) is 0.585. The van der Waals surface area contributed by atoms with Crippen LogP contribution in [0.5, 0.6) is 0 Å². The summed E-state index contributed by atoms with van der Waals surface area (Å²) in [6, 6.07) is 4.37. The molecule has 1 aliphatic heterocycles.